The van der Waals surface area contributed by atoms with Gasteiger partial charge in [0.25, 0.3) is 0 Å². The van der Waals surface area contributed by atoms with Crippen molar-refractivity contribution < 1.29 is 14.7 Å². The number of nitrogens with one attached hydrogen (secondary N) is 1. The van der Waals surface area contributed by atoms with Crippen LogP contribution in [0.2, 0.25) is 0 Å². The first-order valence-electron chi connectivity index (χ1n) is 11.7. The number of hydrazine groups is 1. The third-order valence-corrected chi connectivity index (χ3v) is 6.36. The number of aliphatic carboxylic acids is 1. The van der Waals surface area contributed by atoms with Crippen molar-refractivity contribution in [3.05, 3.63) is 83.1 Å². The second-order valence-electron chi connectivity index (χ2n) is 8.61. The highest BCUT2D eigenvalue weighted by Gasteiger charge is 2.41. The third kappa shape index (κ3) is 4.97. The summed E-state index contributed by atoms with van der Waals surface area (Å²) < 4.78 is 0. The van der Waals surface area contributed by atoms with E-state index in [2.05, 4.69) is 34.6 Å². The van der Waals surface area contributed by atoms with Crippen LogP contribution in [0.3, 0.4) is 0 Å². The highest BCUT2D eigenvalue weighted by Crippen LogP contribution is 2.33. The van der Waals surface area contributed by atoms with Gasteiger partial charge in [-0.2, -0.15) is 0 Å². The smallest absolute Gasteiger partial charge is 0.337 e. The lowest BCUT2D eigenvalue weighted by Gasteiger charge is -2.47. The lowest BCUT2D eigenvalue weighted by atomic mass is 9.90. The molecule has 4 N–H and O–H groups in total. The van der Waals surface area contributed by atoms with Gasteiger partial charge in [-0.3, -0.25) is 5.01 Å². The van der Waals surface area contributed by atoms with Crippen molar-refractivity contribution in [1.29, 1.82) is 0 Å². The van der Waals surface area contributed by atoms with E-state index in [9.17, 15) is 14.7 Å². The van der Waals surface area contributed by atoms with Gasteiger partial charge in [0, 0.05) is 18.7 Å². The minimum Gasteiger partial charge on any atom is -0.478 e. The number of aliphatic imine (C=N–C) groups is 1. The van der Waals surface area contributed by atoms with E-state index in [4.69, 9.17) is 10.7 Å². The van der Waals surface area contributed by atoms with Crippen molar-refractivity contribution in [2.45, 2.75) is 44.7 Å². The van der Waals surface area contributed by atoms with Gasteiger partial charge >= 0.3 is 12.0 Å². The molecule has 2 aromatic carbocycles. The lowest BCUT2D eigenvalue weighted by molar-refractivity contribution is -0.134. The summed E-state index contributed by atoms with van der Waals surface area (Å²) in [4.78, 5) is 29.2. The summed E-state index contributed by atoms with van der Waals surface area (Å²) in [6, 6.07) is 19.3. The van der Waals surface area contributed by atoms with Gasteiger partial charge in [-0.15, -0.1) is 0 Å². The van der Waals surface area contributed by atoms with Crippen molar-refractivity contribution in [2.24, 2.45) is 10.7 Å². The molecule has 4 rings (SSSR count). The second kappa shape index (κ2) is 10.5. The molecule has 2 amide bonds. The Morgan fingerprint density at radius 1 is 1.06 bits per heavy atom. The summed E-state index contributed by atoms with van der Waals surface area (Å²) in [7, 11) is 0. The normalized spacial score (nSPS) is 19.6. The monoisotopic (exact) mass is 461 g/mol. The van der Waals surface area contributed by atoms with E-state index in [1.807, 2.05) is 48.3 Å². The quantitative estimate of drug-likeness (QED) is 0.583. The molecule has 8 heteroatoms. The van der Waals surface area contributed by atoms with Gasteiger partial charge in [0.1, 0.15) is 5.57 Å². The standard InChI is InChI=1S/C26H31N5O3/c1-2-9-21-22(25(32)33)24(29-26(27)34)31(23(28-21)20-12-7-4-8-13-20)30-16-14-19(15-17-30)18-10-5-3-6-11-18/h3-8,10-13,19,24H,2,9,14-17H2,1H3,(H,32,33)(H3,27,29,34). The number of carboxylic acids is 1. The number of carbonyl (C=O) groups excluding carboxylic acids is 1. The van der Waals surface area contributed by atoms with Crippen LogP contribution >= 0.6 is 0 Å². The average Bonchev–Trinajstić information content (AvgIpc) is 2.84. The first kappa shape index (κ1) is 23.5. The summed E-state index contributed by atoms with van der Waals surface area (Å²) >= 11 is 0. The number of nitrogens with zero attached hydrogens (tertiary/aromatic N) is 3. The van der Waals surface area contributed by atoms with Gasteiger partial charge in [-0.1, -0.05) is 74.0 Å². The second-order valence-corrected chi connectivity index (χ2v) is 8.61. The number of carboxylic acid groups (broad SMARTS) is 1. The third-order valence-electron chi connectivity index (χ3n) is 6.36. The molecule has 2 aromatic rings. The van der Waals surface area contributed by atoms with E-state index in [1.54, 1.807) is 0 Å². The number of rotatable bonds is 7. The molecule has 178 valence electrons. The molecular weight excluding hydrogens is 430 g/mol. The summed E-state index contributed by atoms with van der Waals surface area (Å²) in [5.41, 5.74) is 8.21. The molecule has 0 bridgehead atoms. The van der Waals surface area contributed by atoms with Crippen LogP contribution in [0.1, 0.15) is 49.7 Å². The van der Waals surface area contributed by atoms with E-state index < -0.39 is 18.2 Å². The van der Waals surface area contributed by atoms with Gasteiger partial charge in [0.15, 0.2) is 12.0 Å². The van der Waals surface area contributed by atoms with Gasteiger partial charge in [0.2, 0.25) is 0 Å². The van der Waals surface area contributed by atoms with Gasteiger partial charge in [-0.05, 0) is 30.7 Å². The number of urea groups is 1. The van der Waals surface area contributed by atoms with E-state index in [-0.39, 0.29) is 5.57 Å². The van der Waals surface area contributed by atoms with Crippen molar-refractivity contribution in [1.82, 2.24) is 15.3 Å². The molecule has 8 nitrogen and oxygen atoms in total. The largest absolute Gasteiger partial charge is 0.478 e. The number of benzene rings is 2. The summed E-state index contributed by atoms with van der Waals surface area (Å²) in [6.45, 7) is 3.36. The first-order chi connectivity index (χ1) is 16.5. The predicted molar refractivity (Wildman–Crippen MR) is 131 cm³/mol. The summed E-state index contributed by atoms with van der Waals surface area (Å²) in [5.74, 6) is -0.0692. The molecule has 0 aromatic heterocycles. The van der Waals surface area contributed by atoms with Crippen LogP contribution in [0.4, 0.5) is 4.79 Å². The van der Waals surface area contributed by atoms with Crippen LogP contribution < -0.4 is 11.1 Å². The molecule has 1 saturated heterocycles. The van der Waals surface area contributed by atoms with Gasteiger partial charge < -0.3 is 16.2 Å². The zero-order chi connectivity index (χ0) is 24.1. The highest BCUT2D eigenvalue weighted by atomic mass is 16.4. The number of carbonyl (C=O) groups is 2. The zero-order valence-electron chi connectivity index (χ0n) is 19.4. The summed E-state index contributed by atoms with van der Waals surface area (Å²) in [6.07, 6.45) is 2.07. The first-order valence-corrected chi connectivity index (χ1v) is 11.7. The summed E-state index contributed by atoms with van der Waals surface area (Å²) in [5, 5.41) is 16.7. The van der Waals surface area contributed by atoms with Crippen LogP contribution in [0.5, 0.6) is 0 Å². The number of hydrogen-bond acceptors (Lipinski definition) is 5. The van der Waals surface area contributed by atoms with Crippen LogP contribution in [0.15, 0.2) is 76.9 Å². The van der Waals surface area contributed by atoms with E-state index in [0.717, 1.165) is 24.8 Å². The number of primary amides is 1. The van der Waals surface area contributed by atoms with E-state index in [0.29, 0.717) is 37.0 Å². The topological polar surface area (TPSA) is 111 Å². The van der Waals surface area contributed by atoms with Gasteiger partial charge in [-0.25, -0.2) is 19.6 Å². The Morgan fingerprint density at radius 2 is 1.68 bits per heavy atom. The number of allylic oxidation sites excluding steroid dienone is 1. The molecule has 2 heterocycles. The molecule has 0 saturated carbocycles. The fourth-order valence-corrected chi connectivity index (χ4v) is 4.80. The Bertz CT molecular complexity index is 1080. The Morgan fingerprint density at radius 3 is 2.24 bits per heavy atom. The lowest BCUT2D eigenvalue weighted by Crippen LogP contribution is -2.63. The number of amidine groups is 1. The molecule has 34 heavy (non-hydrogen) atoms. The van der Waals surface area contributed by atoms with Crippen molar-refractivity contribution in [3.63, 3.8) is 0 Å². The molecule has 1 atom stereocenters. The predicted octanol–water partition coefficient (Wildman–Crippen LogP) is 3.68. The van der Waals surface area contributed by atoms with Crippen molar-refractivity contribution in [3.8, 4) is 0 Å². The molecule has 0 spiro atoms. The molecule has 1 fully saturated rings. The number of nitrogens with two attached hydrogens (primary N) is 1. The molecule has 2 aliphatic heterocycles. The van der Waals surface area contributed by atoms with Crippen LogP contribution in [-0.2, 0) is 4.79 Å². The molecule has 0 aliphatic carbocycles. The number of amides is 2. The van der Waals surface area contributed by atoms with Crippen molar-refractivity contribution >= 4 is 17.8 Å². The fraction of sp³-hybridized carbons (Fsp3) is 0.346. The molecular formula is C26H31N5O3. The minimum absolute atomic E-state index is 0.0607. The van der Waals surface area contributed by atoms with Crippen LogP contribution in [0.25, 0.3) is 0 Å². The Labute approximate surface area is 199 Å². The molecule has 2 aliphatic rings. The van der Waals surface area contributed by atoms with E-state index in [1.165, 1.54) is 5.56 Å². The van der Waals surface area contributed by atoms with Crippen LogP contribution in [0, 0.1) is 0 Å². The SMILES string of the molecule is CCCC1=C(C(=O)O)C(NC(N)=O)N(N2CCC(c3ccccc3)CC2)C(c2ccccc2)=N1. The van der Waals surface area contributed by atoms with Crippen LogP contribution in [-0.4, -0.2) is 52.2 Å². The average molecular weight is 462 g/mol. The Kier molecular flexibility index (Phi) is 7.27. The Hall–Kier alpha value is -3.65. The Balaban J connectivity index is 1.73. The maximum absolute atomic E-state index is 12.4. The van der Waals surface area contributed by atoms with Crippen molar-refractivity contribution in [2.75, 3.05) is 13.1 Å². The number of hydrogen-bond donors (Lipinski definition) is 3. The maximum atomic E-state index is 12.4. The van der Waals surface area contributed by atoms with Gasteiger partial charge in [0.05, 0.1) is 5.70 Å². The number of piperidine rings is 1. The molecule has 1 unspecified atom stereocenters. The zero-order valence-corrected chi connectivity index (χ0v) is 19.4. The highest BCUT2D eigenvalue weighted by molar-refractivity contribution is 6.03. The van der Waals surface area contributed by atoms with E-state index >= 15 is 0 Å². The maximum Gasteiger partial charge on any atom is 0.337 e. The minimum atomic E-state index is -1.11. The fourth-order valence-electron chi connectivity index (χ4n) is 4.80. The molecule has 0 radical (unpaired) electrons.